The van der Waals surface area contributed by atoms with E-state index < -0.39 is 0 Å². The molecular weight excluding hydrogens is 270 g/mol. The van der Waals surface area contributed by atoms with E-state index in [9.17, 15) is 4.79 Å². The Hall–Kier alpha value is -2.12. The van der Waals surface area contributed by atoms with Crippen LogP contribution in [0.3, 0.4) is 0 Å². The number of aromatic nitrogens is 3. The molecule has 0 spiro atoms. The van der Waals surface area contributed by atoms with Crippen molar-refractivity contribution in [3.63, 3.8) is 0 Å². The summed E-state index contributed by atoms with van der Waals surface area (Å²) >= 11 is 0. The third kappa shape index (κ3) is 3.71. The molecule has 21 heavy (non-hydrogen) atoms. The molecule has 0 aromatic carbocycles. The van der Waals surface area contributed by atoms with Gasteiger partial charge < -0.3 is 20.0 Å². The fourth-order valence-corrected chi connectivity index (χ4v) is 1.94. The summed E-state index contributed by atoms with van der Waals surface area (Å²) in [5.74, 6) is 1.77. The Morgan fingerprint density at radius 1 is 1.24 bits per heavy atom. The SMILES string of the molecule is CCCNc1nc(N(C)C)nc(N2CCN(C)C(=O)C2)n1. The van der Waals surface area contributed by atoms with E-state index in [2.05, 4.69) is 27.2 Å². The molecule has 1 aliphatic heterocycles. The van der Waals surface area contributed by atoms with Crippen LogP contribution in [0.5, 0.6) is 0 Å². The number of carbonyl (C=O) groups excluding carboxylic acids is 1. The van der Waals surface area contributed by atoms with Crippen LogP contribution >= 0.6 is 0 Å². The summed E-state index contributed by atoms with van der Waals surface area (Å²) in [4.78, 5) is 30.5. The van der Waals surface area contributed by atoms with Crippen molar-refractivity contribution in [3.8, 4) is 0 Å². The van der Waals surface area contributed by atoms with Gasteiger partial charge in [-0.25, -0.2) is 0 Å². The van der Waals surface area contributed by atoms with E-state index in [1.807, 2.05) is 30.9 Å². The minimum atomic E-state index is 0.0798. The molecule has 0 radical (unpaired) electrons. The minimum Gasteiger partial charge on any atom is -0.354 e. The van der Waals surface area contributed by atoms with Crippen molar-refractivity contribution in [2.75, 3.05) is 62.4 Å². The first kappa shape index (κ1) is 15.3. The summed E-state index contributed by atoms with van der Waals surface area (Å²) in [5, 5.41) is 3.18. The Morgan fingerprint density at radius 2 is 2.00 bits per heavy atom. The molecular formula is C13H23N7O. The Labute approximate surface area is 125 Å². The van der Waals surface area contributed by atoms with Gasteiger partial charge in [0.15, 0.2) is 0 Å². The standard InChI is InChI=1S/C13H23N7O/c1-5-6-14-11-15-12(18(2)3)17-13(16-11)20-8-7-19(4)10(21)9-20/h5-9H2,1-4H3,(H,14,15,16,17). The minimum absolute atomic E-state index is 0.0798. The zero-order valence-corrected chi connectivity index (χ0v) is 13.1. The van der Waals surface area contributed by atoms with Gasteiger partial charge in [0.2, 0.25) is 23.8 Å². The molecule has 1 amide bonds. The van der Waals surface area contributed by atoms with Crippen LogP contribution in [0.1, 0.15) is 13.3 Å². The van der Waals surface area contributed by atoms with E-state index in [1.54, 1.807) is 4.90 Å². The first-order valence-electron chi connectivity index (χ1n) is 7.17. The van der Waals surface area contributed by atoms with E-state index in [0.717, 1.165) is 19.5 Å². The van der Waals surface area contributed by atoms with E-state index in [4.69, 9.17) is 0 Å². The van der Waals surface area contributed by atoms with Crippen molar-refractivity contribution < 1.29 is 4.79 Å². The van der Waals surface area contributed by atoms with Crippen molar-refractivity contribution in [3.05, 3.63) is 0 Å². The second kappa shape index (κ2) is 6.55. The molecule has 1 saturated heterocycles. The average molecular weight is 293 g/mol. The van der Waals surface area contributed by atoms with Gasteiger partial charge in [-0.3, -0.25) is 4.79 Å². The Balaban J connectivity index is 2.24. The molecule has 0 bridgehead atoms. The number of nitrogens with zero attached hydrogens (tertiary/aromatic N) is 6. The lowest BCUT2D eigenvalue weighted by atomic mass is 10.3. The van der Waals surface area contributed by atoms with Crippen molar-refractivity contribution in [1.82, 2.24) is 19.9 Å². The molecule has 1 aromatic heterocycles. The second-order valence-corrected chi connectivity index (χ2v) is 5.32. The fourth-order valence-electron chi connectivity index (χ4n) is 1.94. The molecule has 8 heteroatoms. The zero-order valence-electron chi connectivity index (χ0n) is 13.1. The average Bonchev–Trinajstić information content (AvgIpc) is 2.47. The molecule has 0 aliphatic carbocycles. The van der Waals surface area contributed by atoms with Crippen LogP contribution in [0, 0.1) is 0 Å². The fraction of sp³-hybridized carbons (Fsp3) is 0.692. The molecule has 1 aliphatic rings. The van der Waals surface area contributed by atoms with E-state index in [-0.39, 0.29) is 5.91 Å². The molecule has 1 aromatic rings. The van der Waals surface area contributed by atoms with Gasteiger partial charge in [0.25, 0.3) is 0 Å². The molecule has 1 N–H and O–H groups in total. The van der Waals surface area contributed by atoms with Gasteiger partial charge in [-0.15, -0.1) is 0 Å². The third-order valence-electron chi connectivity index (χ3n) is 3.28. The lowest BCUT2D eigenvalue weighted by molar-refractivity contribution is -0.129. The number of amides is 1. The van der Waals surface area contributed by atoms with Crippen LogP contribution < -0.4 is 15.1 Å². The number of likely N-dealkylation sites (N-methyl/N-ethyl adjacent to an activating group) is 1. The smallest absolute Gasteiger partial charge is 0.242 e. The van der Waals surface area contributed by atoms with Gasteiger partial charge in [0, 0.05) is 40.8 Å². The summed E-state index contributed by atoms with van der Waals surface area (Å²) < 4.78 is 0. The number of rotatable bonds is 5. The van der Waals surface area contributed by atoms with Crippen molar-refractivity contribution >= 4 is 23.8 Å². The van der Waals surface area contributed by atoms with Crippen LogP contribution in [0.15, 0.2) is 0 Å². The highest BCUT2D eigenvalue weighted by Gasteiger charge is 2.24. The van der Waals surface area contributed by atoms with Crippen LogP contribution in [-0.2, 0) is 4.79 Å². The number of nitrogens with one attached hydrogen (secondary N) is 1. The maximum atomic E-state index is 11.8. The summed E-state index contributed by atoms with van der Waals surface area (Å²) in [6.45, 7) is 4.60. The number of hydrogen-bond acceptors (Lipinski definition) is 7. The Bertz CT molecular complexity index is 505. The number of piperazine rings is 1. The number of hydrogen-bond donors (Lipinski definition) is 1. The highest BCUT2D eigenvalue weighted by atomic mass is 16.2. The highest BCUT2D eigenvalue weighted by Crippen LogP contribution is 2.17. The third-order valence-corrected chi connectivity index (χ3v) is 3.28. The Kier molecular flexibility index (Phi) is 4.77. The molecule has 1 fully saturated rings. The molecule has 0 atom stereocenters. The Morgan fingerprint density at radius 3 is 2.62 bits per heavy atom. The predicted octanol–water partition coefficient (Wildman–Crippen LogP) is 0.0379. The highest BCUT2D eigenvalue weighted by molar-refractivity contribution is 5.82. The monoisotopic (exact) mass is 293 g/mol. The summed E-state index contributed by atoms with van der Waals surface area (Å²) in [6.07, 6.45) is 0.991. The van der Waals surface area contributed by atoms with E-state index in [0.29, 0.717) is 30.9 Å². The van der Waals surface area contributed by atoms with Crippen molar-refractivity contribution in [2.24, 2.45) is 0 Å². The molecule has 2 heterocycles. The van der Waals surface area contributed by atoms with Gasteiger partial charge >= 0.3 is 0 Å². The van der Waals surface area contributed by atoms with Gasteiger partial charge in [-0.1, -0.05) is 6.92 Å². The summed E-state index contributed by atoms with van der Waals surface area (Å²) in [6, 6.07) is 0. The summed E-state index contributed by atoms with van der Waals surface area (Å²) in [5.41, 5.74) is 0. The second-order valence-electron chi connectivity index (χ2n) is 5.32. The van der Waals surface area contributed by atoms with Crippen LogP contribution in [0.4, 0.5) is 17.8 Å². The van der Waals surface area contributed by atoms with Gasteiger partial charge in [0.05, 0.1) is 6.54 Å². The molecule has 8 nitrogen and oxygen atoms in total. The largest absolute Gasteiger partial charge is 0.354 e. The molecule has 0 unspecified atom stereocenters. The van der Waals surface area contributed by atoms with Crippen LogP contribution in [0.2, 0.25) is 0 Å². The first-order chi connectivity index (χ1) is 10.0. The summed E-state index contributed by atoms with van der Waals surface area (Å²) in [7, 11) is 5.59. The number of anilines is 3. The van der Waals surface area contributed by atoms with Crippen molar-refractivity contribution in [1.29, 1.82) is 0 Å². The zero-order chi connectivity index (χ0) is 15.4. The van der Waals surface area contributed by atoms with Gasteiger partial charge in [-0.05, 0) is 6.42 Å². The molecule has 2 rings (SSSR count). The lowest BCUT2D eigenvalue weighted by Gasteiger charge is -2.32. The quantitative estimate of drug-likeness (QED) is 0.821. The van der Waals surface area contributed by atoms with Crippen LogP contribution in [0.25, 0.3) is 0 Å². The van der Waals surface area contributed by atoms with E-state index in [1.165, 1.54) is 0 Å². The van der Waals surface area contributed by atoms with Gasteiger partial charge in [-0.2, -0.15) is 15.0 Å². The lowest BCUT2D eigenvalue weighted by Crippen LogP contribution is -2.49. The van der Waals surface area contributed by atoms with Crippen LogP contribution in [-0.4, -0.2) is 73.1 Å². The molecule has 0 saturated carbocycles. The topological polar surface area (TPSA) is 77.5 Å². The normalized spacial score (nSPS) is 15.3. The maximum absolute atomic E-state index is 11.8. The van der Waals surface area contributed by atoms with E-state index >= 15 is 0 Å². The van der Waals surface area contributed by atoms with Gasteiger partial charge in [0.1, 0.15) is 0 Å². The molecule has 116 valence electrons. The predicted molar refractivity (Wildman–Crippen MR) is 82.8 cm³/mol. The first-order valence-corrected chi connectivity index (χ1v) is 7.17. The van der Waals surface area contributed by atoms with Crippen molar-refractivity contribution in [2.45, 2.75) is 13.3 Å². The maximum Gasteiger partial charge on any atom is 0.242 e. The number of carbonyl (C=O) groups is 1.